The molecule has 0 heterocycles. The van der Waals surface area contributed by atoms with E-state index in [4.69, 9.17) is 18.5 Å². The highest BCUT2D eigenvalue weighted by Gasteiger charge is 2.27. The van der Waals surface area contributed by atoms with Crippen molar-refractivity contribution in [3.05, 3.63) is 97.2 Å². The maximum atomic E-state index is 12.4. The number of aliphatic hydroxyl groups excluding tert-OH is 2. The minimum absolute atomic E-state index is 0.157. The summed E-state index contributed by atoms with van der Waals surface area (Å²) in [4.78, 5) is 34.6. The van der Waals surface area contributed by atoms with Crippen LogP contribution < -0.4 is 0 Å². The van der Waals surface area contributed by atoms with E-state index in [1.54, 1.807) is 0 Å². The molecular formula is C48H79O10P. The van der Waals surface area contributed by atoms with Crippen LogP contribution in [-0.2, 0) is 32.7 Å². The van der Waals surface area contributed by atoms with Gasteiger partial charge in [0.15, 0.2) is 0 Å². The van der Waals surface area contributed by atoms with E-state index in [0.717, 1.165) is 116 Å². The van der Waals surface area contributed by atoms with Crippen LogP contribution in [0.2, 0.25) is 0 Å². The third-order valence-corrected chi connectivity index (χ3v) is 9.74. The summed E-state index contributed by atoms with van der Waals surface area (Å²) in [6, 6.07) is 0. The molecule has 0 fully saturated rings. The SMILES string of the molecule is CC/C=C\C/C=C\C/C=C\C/C=C\CCCCCCCCC(=O)OC(CO)COP(=O)(O)OCC(CO)OC(=O)CCCCCC/C=C\C/C=C\C/C=C\C/C=C\CC. The molecule has 0 bridgehead atoms. The minimum atomic E-state index is -4.66. The number of unbranched alkanes of at least 4 members (excludes halogenated alkanes) is 10. The summed E-state index contributed by atoms with van der Waals surface area (Å²) in [6.07, 6.45) is 52.3. The van der Waals surface area contributed by atoms with E-state index in [9.17, 15) is 29.3 Å². The summed E-state index contributed by atoms with van der Waals surface area (Å²) >= 11 is 0. The molecule has 59 heavy (non-hydrogen) atoms. The van der Waals surface area contributed by atoms with Gasteiger partial charge in [0.1, 0.15) is 12.2 Å². The van der Waals surface area contributed by atoms with Crippen molar-refractivity contribution in [1.82, 2.24) is 0 Å². The molecule has 0 spiro atoms. The van der Waals surface area contributed by atoms with Crippen LogP contribution in [0.1, 0.15) is 155 Å². The zero-order valence-electron chi connectivity index (χ0n) is 36.4. The average Bonchev–Trinajstić information content (AvgIpc) is 3.22. The van der Waals surface area contributed by atoms with Gasteiger partial charge in [0.2, 0.25) is 0 Å². The summed E-state index contributed by atoms with van der Waals surface area (Å²) in [7, 11) is -4.66. The van der Waals surface area contributed by atoms with E-state index < -0.39 is 58.4 Å². The second-order valence-corrected chi connectivity index (χ2v) is 15.7. The number of hydrogen-bond acceptors (Lipinski definition) is 9. The largest absolute Gasteiger partial charge is 0.472 e. The van der Waals surface area contributed by atoms with E-state index in [2.05, 4.69) is 111 Å². The van der Waals surface area contributed by atoms with E-state index >= 15 is 0 Å². The van der Waals surface area contributed by atoms with Crippen LogP contribution in [-0.4, -0.2) is 65.7 Å². The maximum absolute atomic E-state index is 12.4. The molecule has 336 valence electrons. The van der Waals surface area contributed by atoms with E-state index in [1.807, 2.05) is 0 Å². The van der Waals surface area contributed by atoms with Crippen LogP contribution in [0, 0.1) is 0 Å². The molecule has 11 heteroatoms. The van der Waals surface area contributed by atoms with Gasteiger partial charge in [0.25, 0.3) is 0 Å². The lowest BCUT2D eigenvalue weighted by Gasteiger charge is -2.20. The molecule has 10 nitrogen and oxygen atoms in total. The van der Waals surface area contributed by atoms with Crippen molar-refractivity contribution in [3.63, 3.8) is 0 Å². The van der Waals surface area contributed by atoms with E-state index in [1.165, 1.54) is 0 Å². The monoisotopic (exact) mass is 847 g/mol. The standard InChI is InChI=1S/C48H79O10P/c1-3-5-7-9-11-13-15-17-19-21-22-24-26-28-30-32-34-36-38-40-48(52)58-46(42-50)44-56-59(53,54)55-43-45(41-49)57-47(51)39-37-35-33-31-29-27-25-23-20-18-16-14-12-10-8-6-4-2/h5-8,11-14,17-20,22,24-25,27,45-46,49-50H,3-4,9-10,15-16,21,23,26,28-44H2,1-2H3,(H,53,54)/b7-5-,8-6-,13-11-,14-12-,19-17-,20-18-,24-22-,27-25-. The molecule has 0 radical (unpaired) electrons. The van der Waals surface area contributed by atoms with Gasteiger partial charge in [-0.1, -0.05) is 150 Å². The number of allylic oxidation sites excluding steroid dienone is 16. The van der Waals surface area contributed by atoms with Crippen molar-refractivity contribution in [2.45, 2.75) is 167 Å². The van der Waals surface area contributed by atoms with Crippen LogP contribution >= 0.6 is 7.82 Å². The van der Waals surface area contributed by atoms with Crippen molar-refractivity contribution in [1.29, 1.82) is 0 Å². The predicted octanol–water partition coefficient (Wildman–Crippen LogP) is 12.0. The van der Waals surface area contributed by atoms with Crippen molar-refractivity contribution in [2.75, 3.05) is 26.4 Å². The Labute approximate surface area is 357 Å². The molecule has 0 aromatic rings. The summed E-state index contributed by atoms with van der Waals surface area (Å²) in [6.45, 7) is 1.92. The molecule has 3 N–H and O–H groups in total. The molecule has 0 aliphatic heterocycles. The Morgan fingerprint density at radius 1 is 0.458 bits per heavy atom. The highest BCUT2D eigenvalue weighted by Crippen LogP contribution is 2.43. The Morgan fingerprint density at radius 2 is 0.746 bits per heavy atom. The number of ether oxygens (including phenoxy) is 2. The predicted molar refractivity (Wildman–Crippen MR) is 242 cm³/mol. The molecule has 0 aliphatic carbocycles. The molecule has 0 aromatic heterocycles. The summed E-state index contributed by atoms with van der Waals surface area (Å²) < 4.78 is 32.6. The third kappa shape index (κ3) is 41.4. The molecule has 0 saturated heterocycles. The number of esters is 2. The first-order chi connectivity index (χ1) is 28.8. The van der Waals surface area contributed by atoms with Crippen molar-refractivity contribution in [2.24, 2.45) is 0 Å². The van der Waals surface area contributed by atoms with Gasteiger partial charge in [0.05, 0.1) is 26.4 Å². The van der Waals surface area contributed by atoms with Gasteiger partial charge in [-0.25, -0.2) is 4.57 Å². The summed E-state index contributed by atoms with van der Waals surface area (Å²) in [5.41, 5.74) is 0. The highest BCUT2D eigenvalue weighted by molar-refractivity contribution is 7.47. The first-order valence-corrected chi connectivity index (χ1v) is 23.7. The molecule has 0 aliphatic rings. The number of phosphoric acid groups is 1. The summed E-state index contributed by atoms with van der Waals surface area (Å²) in [5.74, 6) is -1.07. The van der Waals surface area contributed by atoms with Crippen molar-refractivity contribution in [3.8, 4) is 0 Å². The highest BCUT2D eigenvalue weighted by atomic mass is 31.2. The van der Waals surface area contributed by atoms with Crippen molar-refractivity contribution < 1.29 is 47.8 Å². The molecule has 3 unspecified atom stereocenters. The summed E-state index contributed by atoms with van der Waals surface area (Å²) in [5, 5.41) is 19.2. The zero-order valence-corrected chi connectivity index (χ0v) is 37.3. The molecule has 0 rings (SSSR count). The lowest BCUT2D eigenvalue weighted by Crippen LogP contribution is -2.28. The topological polar surface area (TPSA) is 149 Å². The van der Waals surface area contributed by atoms with Gasteiger partial charge in [-0.15, -0.1) is 0 Å². The fourth-order valence-electron chi connectivity index (χ4n) is 5.45. The number of rotatable bonds is 40. The lowest BCUT2D eigenvalue weighted by atomic mass is 10.1. The number of aliphatic hydroxyl groups is 2. The van der Waals surface area contributed by atoms with Gasteiger partial charge >= 0.3 is 19.8 Å². The average molecular weight is 847 g/mol. The fourth-order valence-corrected chi connectivity index (χ4v) is 6.23. The molecule has 0 aromatic carbocycles. The Bertz CT molecular complexity index is 1300. The van der Waals surface area contributed by atoms with E-state index in [0.29, 0.717) is 12.8 Å². The smallest absolute Gasteiger partial charge is 0.457 e. The van der Waals surface area contributed by atoms with E-state index in [-0.39, 0.29) is 12.8 Å². The first-order valence-electron chi connectivity index (χ1n) is 22.2. The quantitative estimate of drug-likeness (QED) is 0.0235. The Balaban J connectivity index is 3.99. The molecular weight excluding hydrogens is 767 g/mol. The van der Waals surface area contributed by atoms with Crippen LogP contribution in [0.4, 0.5) is 0 Å². The second-order valence-electron chi connectivity index (χ2n) is 14.3. The molecule has 3 atom stereocenters. The van der Waals surface area contributed by atoms with Gasteiger partial charge in [-0.3, -0.25) is 18.6 Å². The minimum Gasteiger partial charge on any atom is -0.457 e. The second kappa shape index (κ2) is 43.0. The normalized spacial score (nSPS) is 14.7. The Hall–Kier alpha value is -3.11. The number of carbonyl (C=O) groups is 2. The zero-order chi connectivity index (χ0) is 43.3. The Kier molecular flexibility index (Phi) is 40.7. The van der Waals surface area contributed by atoms with Crippen LogP contribution in [0.5, 0.6) is 0 Å². The molecule has 0 amide bonds. The maximum Gasteiger partial charge on any atom is 0.472 e. The van der Waals surface area contributed by atoms with Crippen LogP contribution in [0.3, 0.4) is 0 Å². The number of carbonyl (C=O) groups excluding carboxylic acids is 2. The Morgan fingerprint density at radius 3 is 1.07 bits per heavy atom. The number of phosphoric ester groups is 1. The van der Waals surface area contributed by atoms with Gasteiger partial charge in [0, 0.05) is 12.8 Å². The third-order valence-electron chi connectivity index (χ3n) is 8.79. The fraction of sp³-hybridized carbons (Fsp3) is 0.625. The van der Waals surface area contributed by atoms with Gasteiger partial charge < -0.3 is 24.6 Å². The van der Waals surface area contributed by atoms with Gasteiger partial charge in [-0.2, -0.15) is 0 Å². The van der Waals surface area contributed by atoms with Crippen LogP contribution in [0.15, 0.2) is 97.2 Å². The first kappa shape index (κ1) is 55.9. The van der Waals surface area contributed by atoms with Gasteiger partial charge in [-0.05, 0) is 89.9 Å². The molecule has 0 saturated carbocycles. The lowest BCUT2D eigenvalue weighted by molar-refractivity contribution is -0.153. The van der Waals surface area contributed by atoms with Crippen molar-refractivity contribution >= 4 is 19.8 Å². The van der Waals surface area contributed by atoms with Crippen LogP contribution in [0.25, 0.3) is 0 Å². The number of hydrogen-bond donors (Lipinski definition) is 3.